The fourth-order valence-corrected chi connectivity index (χ4v) is 5.20. The molecule has 2 rings (SSSR count). The first kappa shape index (κ1) is 12.9. The molecule has 1 aromatic rings. The van der Waals surface area contributed by atoms with Gasteiger partial charge in [0.15, 0.2) is 9.84 Å². The van der Waals surface area contributed by atoms with Gasteiger partial charge in [0.05, 0.1) is 4.88 Å². The van der Waals surface area contributed by atoms with E-state index in [2.05, 4.69) is 0 Å². The first-order chi connectivity index (χ1) is 8.00. The molecule has 1 fully saturated rings. The molecule has 0 radical (unpaired) electrons. The lowest BCUT2D eigenvalue weighted by Gasteiger charge is -2.33. The van der Waals surface area contributed by atoms with Gasteiger partial charge in [-0.25, -0.2) is 8.42 Å². The monoisotopic (exact) mass is 291 g/mol. The number of carbonyl (C=O) groups is 1. The largest absolute Gasteiger partial charge is 0.319 e. The molecule has 4 nitrogen and oxygen atoms in total. The Hall–Kier alpha value is -0.530. The molecule has 0 bridgehead atoms. The standard InChI is InChI=1S/C10H13NO3S3/c1-17(13,14)9-7-15-6-4-11(9)10(12)8-3-2-5-16-8/h2-3,5,9H,4,6-7H2,1H3. The number of amides is 1. The Morgan fingerprint density at radius 1 is 1.53 bits per heavy atom. The van der Waals surface area contributed by atoms with E-state index in [1.807, 2.05) is 5.38 Å². The summed E-state index contributed by atoms with van der Waals surface area (Å²) in [6, 6.07) is 3.53. The van der Waals surface area contributed by atoms with Crippen LogP contribution in [0.4, 0.5) is 0 Å². The van der Waals surface area contributed by atoms with Crippen molar-refractivity contribution in [2.24, 2.45) is 0 Å². The Morgan fingerprint density at radius 3 is 2.88 bits per heavy atom. The third-order valence-electron chi connectivity index (χ3n) is 2.57. The zero-order valence-electron chi connectivity index (χ0n) is 9.33. The van der Waals surface area contributed by atoms with Gasteiger partial charge in [0.2, 0.25) is 0 Å². The summed E-state index contributed by atoms with van der Waals surface area (Å²) >= 11 is 2.92. The van der Waals surface area contributed by atoms with Crippen molar-refractivity contribution in [1.82, 2.24) is 4.90 Å². The maximum atomic E-state index is 12.2. The number of hydrogen-bond donors (Lipinski definition) is 0. The average molecular weight is 291 g/mol. The lowest BCUT2D eigenvalue weighted by molar-refractivity contribution is 0.0754. The second kappa shape index (κ2) is 4.99. The highest BCUT2D eigenvalue weighted by Gasteiger charge is 2.34. The van der Waals surface area contributed by atoms with Gasteiger partial charge >= 0.3 is 0 Å². The summed E-state index contributed by atoms with van der Waals surface area (Å²) in [5.41, 5.74) is 0. The van der Waals surface area contributed by atoms with Crippen LogP contribution in [0.1, 0.15) is 9.67 Å². The number of hydrogen-bond acceptors (Lipinski definition) is 5. The Morgan fingerprint density at radius 2 is 2.29 bits per heavy atom. The Balaban J connectivity index is 2.26. The normalized spacial score (nSPS) is 21.5. The zero-order chi connectivity index (χ0) is 12.5. The van der Waals surface area contributed by atoms with Crippen molar-refractivity contribution in [2.75, 3.05) is 24.3 Å². The summed E-state index contributed by atoms with van der Waals surface area (Å²) in [6.45, 7) is 0.499. The highest BCUT2D eigenvalue weighted by atomic mass is 32.2. The predicted octanol–water partition coefficient (Wildman–Crippen LogP) is 1.31. The van der Waals surface area contributed by atoms with Crippen LogP contribution < -0.4 is 0 Å². The van der Waals surface area contributed by atoms with Crippen molar-refractivity contribution in [3.8, 4) is 0 Å². The second-order valence-corrected chi connectivity index (χ2v) is 8.14. The van der Waals surface area contributed by atoms with Crippen LogP contribution in [0.25, 0.3) is 0 Å². The summed E-state index contributed by atoms with van der Waals surface area (Å²) < 4.78 is 23.3. The molecule has 0 aromatic carbocycles. The summed E-state index contributed by atoms with van der Waals surface area (Å²) in [7, 11) is -3.22. The van der Waals surface area contributed by atoms with Crippen LogP contribution in [0, 0.1) is 0 Å². The Kier molecular flexibility index (Phi) is 3.79. The van der Waals surface area contributed by atoms with Crippen LogP contribution in [0.5, 0.6) is 0 Å². The first-order valence-corrected chi connectivity index (χ1v) is 9.10. The van der Waals surface area contributed by atoms with Crippen LogP contribution in [-0.4, -0.2) is 48.9 Å². The maximum absolute atomic E-state index is 12.2. The van der Waals surface area contributed by atoms with E-state index < -0.39 is 15.2 Å². The SMILES string of the molecule is CS(=O)(=O)C1CSCCN1C(=O)c1cccs1. The van der Waals surface area contributed by atoms with Crippen molar-refractivity contribution in [3.05, 3.63) is 22.4 Å². The molecule has 1 amide bonds. The molecule has 0 aliphatic carbocycles. The molecular weight excluding hydrogens is 278 g/mol. The lowest BCUT2D eigenvalue weighted by Crippen LogP contribution is -2.49. The number of nitrogens with zero attached hydrogens (tertiary/aromatic N) is 1. The van der Waals surface area contributed by atoms with Gasteiger partial charge in [0, 0.05) is 24.3 Å². The smallest absolute Gasteiger partial charge is 0.265 e. The maximum Gasteiger partial charge on any atom is 0.265 e. The van der Waals surface area contributed by atoms with Gasteiger partial charge in [-0.2, -0.15) is 11.8 Å². The van der Waals surface area contributed by atoms with Crippen LogP contribution in [0.15, 0.2) is 17.5 Å². The number of thioether (sulfide) groups is 1. The molecule has 0 saturated carbocycles. The summed E-state index contributed by atoms with van der Waals surface area (Å²) in [6.07, 6.45) is 1.19. The molecule has 94 valence electrons. The summed E-state index contributed by atoms with van der Waals surface area (Å²) in [4.78, 5) is 14.3. The van der Waals surface area contributed by atoms with Crippen molar-refractivity contribution >= 4 is 38.8 Å². The molecule has 1 atom stereocenters. The highest BCUT2D eigenvalue weighted by Crippen LogP contribution is 2.23. The average Bonchev–Trinajstić information content (AvgIpc) is 2.80. The quantitative estimate of drug-likeness (QED) is 0.824. The Labute approximate surface area is 109 Å². The molecule has 7 heteroatoms. The summed E-state index contributed by atoms with van der Waals surface area (Å²) in [5.74, 6) is 1.09. The minimum Gasteiger partial charge on any atom is -0.319 e. The third-order valence-corrected chi connectivity index (χ3v) is 6.07. The molecule has 1 saturated heterocycles. The van der Waals surface area contributed by atoms with Gasteiger partial charge in [0.25, 0.3) is 5.91 Å². The first-order valence-electron chi connectivity index (χ1n) is 5.11. The van der Waals surface area contributed by atoms with E-state index in [0.717, 1.165) is 5.75 Å². The molecular formula is C10H13NO3S3. The van der Waals surface area contributed by atoms with Gasteiger partial charge in [-0.3, -0.25) is 4.79 Å². The Bertz CT molecular complexity index is 495. The van der Waals surface area contributed by atoms with E-state index in [9.17, 15) is 13.2 Å². The van der Waals surface area contributed by atoms with Crippen molar-refractivity contribution in [2.45, 2.75) is 5.37 Å². The fraction of sp³-hybridized carbons (Fsp3) is 0.500. The van der Waals surface area contributed by atoms with Gasteiger partial charge in [-0.1, -0.05) is 6.07 Å². The minimum absolute atomic E-state index is 0.171. The van der Waals surface area contributed by atoms with Crippen LogP contribution in [0.2, 0.25) is 0 Å². The molecule has 1 unspecified atom stereocenters. The number of sulfone groups is 1. The van der Waals surface area contributed by atoms with Gasteiger partial charge < -0.3 is 4.90 Å². The van der Waals surface area contributed by atoms with Crippen molar-refractivity contribution in [1.29, 1.82) is 0 Å². The number of thiophene rings is 1. The minimum atomic E-state index is -3.22. The lowest BCUT2D eigenvalue weighted by atomic mass is 10.4. The molecule has 1 aromatic heterocycles. The van der Waals surface area contributed by atoms with Crippen molar-refractivity contribution < 1.29 is 13.2 Å². The van der Waals surface area contributed by atoms with Gasteiger partial charge in [-0.05, 0) is 11.4 Å². The number of rotatable bonds is 2. The van der Waals surface area contributed by atoms with Gasteiger partial charge in [-0.15, -0.1) is 11.3 Å². The van der Waals surface area contributed by atoms with Crippen LogP contribution >= 0.6 is 23.1 Å². The molecule has 0 spiro atoms. The van der Waals surface area contributed by atoms with Gasteiger partial charge in [0.1, 0.15) is 5.37 Å². The third kappa shape index (κ3) is 2.83. The summed E-state index contributed by atoms with van der Waals surface area (Å²) in [5, 5.41) is 1.14. The van der Waals surface area contributed by atoms with E-state index in [1.54, 1.807) is 23.9 Å². The predicted molar refractivity (Wildman–Crippen MR) is 71.3 cm³/mol. The van der Waals surface area contributed by atoms with E-state index in [1.165, 1.54) is 22.5 Å². The molecule has 17 heavy (non-hydrogen) atoms. The van der Waals surface area contributed by atoms with Crippen LogP contribution in [0.3, 0.4) is 0 Å². The van der Waals surface area contributed by atoms with E-state index >= 15 is 0 Å². The van der Waals surface area contributed by atoms with E-state index in [4.69, 9.17) is 0 Å². The topological polar surface area (TPSA) is 54.5 Å². The molecule has 1 aliphatic heterocycles. The van der Waals surface area contributed by atoms with Crippen molar-refractivity contribution in [3.63, 3.8) is 0 Å². The highest BCUT2D eigenvalue weighted by molar-refractivity contribution is 8.00. The van der Waals surface area contributed by atoms with E-state index in [-0.39, 0.29) is 5.91 Å². The molecule has 1 aliphatic rings. The fourth-order valence-electron chi connectivity index (χ4n) is 1.71. The van der Waals surface area contributed by atoms with E-state index in [0.29, 0.717) is 17.2 Å². The second-order valence-electron chi connectivity index (χ2n) is 3.83. The zero-order valence-corrected chi connectivity index (χ0v) is 11.8. The number of carbonyl (C=O) groups excluding carboxylic acids is 1. The molecule has 0 N–H and O–H groups in total. The van der Waals surface area contributed by atoms with Crippen LogP contribution in [-0.2, 0) is 9.84 Å². The molecule has 2 heterocycles.